The van der Waals surface area contributed by atoms with Crippen molar-refractivity contribution in [3.05, 3.63) is 35.9 Å². The fraction of sp³-hybridized carbons (Fsp3) is 0.533. The van der Waals surface area contributed by atoms with E-state index in [4.69, 9.17) is 9.47 Å². The third kappa shape index (κ3) is 3.78. The summed E-state index contributed by atoms with van der Waals surface area (Å²) in [5, 5.41) is 3.29. The van der Waals surface area contributed by atoms with Gasteiger partial charge in [0.1, 0.15) is 5.54 Å². The maximum Gasteiger partial charge on any atom is 0.330 e. The molecule has 0 fully saturated rings. The lowest BCUT2D eigenvalue weighted by molar-refractivity contribution is -0.152. The maximum absolute atomic E-state index is 12.4. The fourth-order valence-electron chi connectivity index (χ4n) is 2.11. The molecule has 0 bridgehead atoms. The maximum atomic E-state index is 12.4. The zero-order valence-electron chi connectivity index (χ0n) is 11.9. The Morgan fingerprint density at radius 2 is 1.95 bits per heavy atom. The predicted octanol–water partition coefficient (Wildman–Crippen LogP) is 2.09. The molecule has 106 valence electrons. The highest BCUT2D eigenvalue weighted by Gasteiger charge is 2.39. The average Bonchev–Trinajstić information content (AvgIpc) is 2.45. The van der Waals surface area contributed by atoms with E-state index >= 15 is 0 Å². The van der Waals surface area contributed by atoms with Crippen molar-refractivity contribution in [1.29, 1.82) is 0 Å². The van der Waals surface area contributed by atoms with Crippen LogP contribution in [0.4, 0.5) is 0 Å². The summed E-state index contributed by atoms with van der Waals surface area (Å²) < 4.78 is 10.3. The number of benzene rings is 1. The lowest BCUT2D eigenvalue weighted by Crippen LogP contribution is -2.50. The Morgan fingerprint density at radius 1 is 1.26 bits per heavy atom. The summed E-state index contributed by atoms with van der Waals surface area (Å²) in [4.78, 5) is 12.4. The summed E-state index contributed by atoms with van der Waals surface area (Å²) in [6.07, 6.45) is 0.625. The summed E-state index contributed by atoms with van der Waals surface area (Å²) in [7, 11) is 1.64. The van der Waals surface area contributed by atoms with E-state index in [1.54, 1.807) is 7.11 Å². The fourth-order valence-corrected chi connectivity index (χ4v) is 2.11. The van der Waals surface area contributed by atoms with Crippen LogP contribution in [0, 0.1) is 0 Å². The number of esters is 1. The van der Waals surface area contributed by atoms with Gasteiger partial charge in [0.2, 0.25) is 0 Å². The smallest absolute Gasteiger partial charge is 0.330 e. The van der Waals surface area contributed by atoms with Crippen LogP contribution in [-0.2, 0) is 19.8 Å². The van der Waals surface area contributed by atoms with Gasteiger partial charge in [0.15, 0.2) is 0 Å². The average molecular weight is 265 g/mol. The minimum atomic E-state index is -0.796. The van der Waals surface area contributed by atoms with Gasteiger partial charge in [0, 0.05) is 13.7 Å². The molecule has 0 aromatic heterocycles. The molecule has 1 aromatic carbocycles. The van der Waals surface area contributed by atoms with Gasteiger partial charge in [-0.2, -0.15) is 0 Å². The van der Waals surface area contributed by atoms with E-state index in [-0.39, 0.29) is 5.97 Å². The number of nitrogens with one attached hydrogen (secondary N) is 1. The van der Waals surface area contributed by atoms with Crippen molar-refractivity contribution in [2.45, 2.75) is 25.8 Å². The third-order valence-electron chi connectivity index (χ3n) is 3.15. The predicted molar refractivity (Wildman–Crippen MR) is 74.9 cm³/mol. The zero-order chi connectivity index (χ0) is 14.1. The second-order valence-corrected chi connectivity index (χ2v) is 4.26. The zero-order valence-corrected chi connectivity index (χ0v) is 11.9. The van der Waals surface area contributed by atoms with Crippen LogP contribution in [-0.4, -0.2) is 32.8 Å². The van der Waals surface area contributed by atoms with Crippen molar-refractivity contribution >= 4 is 5.97 Å². The minimum Gasteiger partial charge on any atom is -0.464 e. The van der Waals surface area contributed by atoms with Gasteiger partial charge < -0.3 is 9.47 Å². The molecule has 0 aliphatic carbocycles. The monoisotopic (exact) mass is 265 g/mol. The Balaban J connectivity index is 3.02. The van der Waals surface area contributed by atoms with E-state index in [9.17, 15) is 4.79 Å². The van der Waals surface area contributed by atoms with Crippen LogP contribution in [0.15, 0.2) is 30.3 Å². The van der Waals surface area contributed by atoms with E-state index in [0.29, 0.717) is 26.2 Å². The second-order valence-electron chi connectivity index (χ2n) is 4.26. The molecule has 0 heterocycles. The van der Waals surface area contributed by atoms with Gasteiger partial charge in [-0.1, -0.05) is 37.3 Å². The highest BCUT2D eigenvalue weighted by molar-refractivity contribution is 5.82. The van der Waals surface area contributed by atoms with Crippen LogP contribution >= 0.6 is 0 Å². The molecule has 0 aliphatic heterocycles. The number of ether oxygens (including phenoxy) is 2. The molecule has 1 aromatic rings. The van der Waals surface area contributed by atoms with Crippen molar-refractivity contribution in [1.82, 2.24) is 5.32 Å². The van der Waals surface area contributed by atoms with Crippen LogP contribution in [0.3, 0.4) is 0 Å². The van der Waals surface area contributed by atoms with Crippen molar-refractivity contribution in [2.75, 3.05) is 26.9 Å². The van der Waals surface area contributed by atoms with Gasteiger partial charge in [-0.3, -0.25) is 5.32 Å². The number of carbonyl (C=O) groups is 1. The Kier molecular flexibility index (Phi) is 6.53. The first-order valence-corrected chi connectivity index (χ1v) is 6.68. The van der Waals surface area contributed by atoms with Crippen LogP contribution in [0.1, 0.15) is 25.8 Å². The number of rotatable bonds is 8. The molecule has 0 radical (unpaired) electrons. The largest absolute Gasteiger partial charge is 0.464 e. The van der Waals surface area contributed by atoms with Crippen LogP contribution < -0.4 is 5.32 Å². The summed E-state index contributed by atoms with van der Waals surface area (Å²) in [5.41, 5.74) is 0.127. The van der Waals surface area contributed by atoms with Gasteiger partial charge >= 0.3 is 5.97 Å². The van der Waals surface area contributed by atoms with Gasteiger partial charge in [-0.05, 0) is 18.9 Å². The van der Waals surface area contributed by atoms with Crippen molar-refractivity contribution in [3.63, 3.8) is 0 Å². The van der Waals surface area contributed by atoms with E-state index in [1.807, 2.05) is 44.2 Å². The lowest BCUT2D eigenvalue weighted by atomic mass is 9.87. The molecule has 0 spiro atoms. The van der Waals surface area contributed by atoms with Gasteiger partial charge in [0.05, 0.1) is 13.2 Å². The van der Waals surface area contributed by atoms with E-state index in [1.165, 1.54) is 0 Å². The molecule has 1 atom stereocenters. The first kappa shape index (κ1) is 15.7. The second kappa shape index (κ2) is 7.92. The van der Waals surface area contributed by atoms with Gasteiger partial charge in [-0.25, -0.2) is 4.79 Å². The molecule has 1 N–H and O–H groups in total. The highest BCUT2D eigenvalue weighted by Crippen LogP contribution is 2.26. The van der Waals surface area contributed by atoms with Crippen molar-refractivity contribution < 1.29 is 14.3 Å². The van der Waals surface area contributed by atoms with Crippen LogP contribution in [0.25, 0.3) is 0 Å². The number of hydrogen-bond donors (Lipinski definition) is 1. The standard InChI is InChI=1S/C15H23NO3/c1-4-15(14(17)19-5-2,16-11-12-18-3)13-9-7-6-8-10-13/h6-10,16H,4-5,11-12H2,1-3H3. The normalized spacial score (nSPS) is 13.8. The van der Waals surface area contributed by atoms with Crippen LogP contribution in [0.5, 0.6) is 0 Å². The molecule has 19 heavy (non-hydrogen) atoms. The Hall–Kier alpha value is -1.39. The quantitative estimate of drug-likeness (QED) is 0.577. The summed E-state index contributed by atoms with van der Waals surface area (Å²) >= 11 is 0. The van der Waals surface area contributed by atoms with E-state index in [2.05, 4.69) is 5.32 Å². The number of methoxy groups -OCH3 is 1. The SMILES string of the molecule is CCOC(=O)C(CC)(NCCOC)c1ccccc1. The van der Waals surface area contributed by atoms with E-state index < -0.39 is 5.54 Å². The van der Waals surface area contributed by atoms with Crippen molar-refractivity contribution in [3.8, 4) is 0 Å². The third-order valence-corrected chi connectivity index (χ3v) is 3.15. The molecular weight excluding hydrogens is 242 g/mol. The molecule has 4 nitrogen and oxygen atoms in total. The molecule has 0 amide bonds. The molecule has 1 rings (SSSR count). The Morgan fingerprint density at radius 3 is 2.47 bits per heavy atom. The summed E-state index contributed by atoms with van der Waals surface area (Å²) in [6, 6.07) is 9.68. The van der Waals surface area contributed by atoms with Crippen LogP contribution in [0.2, 0.25) is 0 Å². The number of hydrogen-bond acceptors (Lipinski definition) is 4. The summed E-state index contributed by atoms with van der Waals surface area (Å²) in [5.74, 6) is -0.236. The first-order valence-electron chi connectivity index (χ1n) is 6.68. The molecule has 1 unspecified atom stereocenters. The molecular formula is C15H23NO3. The summed E-state index contributed by atoms with van der Waals surface area (Å²) in [6.45, 7) is 5.31. The minimum absolute atomic E-state index is 0.236. The van der Waals surface area contributed by atoms with Gasteiger partial charge in [-0.15, -0.1) is 0 Å². The Labute approximate surface area is 115 Å². The molecule has 0 saturated carbocycles. The van der Waals surface area contributed by atoms with Crippen molar-refractivity contribution in [2.24, 2.45) is 0 Å². The van der Waals surface area contributed by atoms with Gasteiger partial charge in [0.25, 0.3) is 0 Å². The molecule has 0 saturated heterocycles. The highest BCUT2D eigenvalue weighted by atomic mass is 16.5. The lowest BCUT2D eigenvalue weighted by Gasteiger charge is -2.32. The number of carbonyl (C=O) groups excluding carboxylic acids is 1. The van der Waals surface area contributed by atoms with E-state index in [0.717, 1.165) is 5.56 Å². The first-order chi connectivity index (χ1) is 9.21. The molecule has 0 aliphatic rings. The topological polar surface area (TPSA) is 47.6 Å². The molecule has 4 heteroatoms. The Bertz CT molecular complexity index is 380.